The van der Waals surface area contributed by atoms with Gasteiger partial charge in [-0.2, -0.15) is 0 Å². The molecular weight excluding hydrogens is 271 g/mol. The molecule has 4 N–H and O–H groups in total. The molecule has 8 heteroatoms. The second kappa shape index (κ2) is 5.72. The van der Waals surface area contributed by atoms with Crippen molar-refractivity contribution < 1.29 is 14.3 Å². The average molecular weight is 282 g/mol. The Morgan fingerprint density at radius 1 is 1.42 bits per heavy atom. The maximum atomic E-state index is 12.7. The minimum absolute atomic E-state index is 0.131. The quantitative estimate of drug-likeness (QED) is 0.762. The van der Waals surface area contributed by atoms with E-state index < -0.39 is 17.8 Å². The number of hydrogen-bond acceptors (Lipinski definition) is 6. The molecule has 19 heavy (non-hydrogen) atoms. The molecule has 0 radical (unpaired) electrons. The van der Waals surface area contributed by atoms with E-state index in [4.69, 9.17) is 5.73 Å². The van der Waals surface area contributed by atoms with Crippen LogP contribution in [0.15, 0.2) is 24.3 Å². The van der Waals surface area contributed by atoms with Gasteiger partial charge in [-0.1, -0.05) is 23.5 Å². The van der Waals surface area contributed by atoms with Crippen molar-refractivity contribution in [1.82, 2.24) is 15.5 Å². The van der Waals surface area contributed by atoms with Crippen molar-refractivity contribution in [3.05, 3.63) is 40.7 Å². The number of carbonyl (C=O) groups excluding carboxylic acids is 1. The van der Waals surface area contributed by atoms with Crippen LogP contribution in [0.4, 0.5) is 9.52 Å². The number of hydrogen-bond donors (Lipinski definition) is 3. The van der Waals surface area contributed by atoms with E-state index in [0.29, 0.717) is 15.7 Å². The summed E-state index contributed by atoms with van der Waals surface area (Å²) in [5, 5.41) is 20.4. The largest absolute Gasteiger partial charge is 0.378 e. The fraction of sp³-hybridized carbons (Fsp3) is 0.182. The Hall–Kier alpha value is -2.06. The number of benzene rings is 1. The predicted octanol–water partition coefficient (Wildman–Crippen LogP) is 0.609. The zero-order valence-electron chi connectivity index (χ0n) is 9.71. The number of aromatic nitrogens is 2. The normalized spacial score (nSPS) is 12.1. The summed E-state index contributed by atoms with van der Waals surface area (Å²) in [7, 11) is 0. The maximum absolute atomic E-state index is 12.7. The summed E-state index contributed by atoms with van der Waals surface area (Å²) in [5.74, 6) is -1.03. The van der Waals surface area contributed by atoms with E-state index in [9.17, 15) is 14.3 Å². The first kappa shape index (κ1) is 13.4. The van der Waals surface area contributed by atoms with Crippen LogP contribution >= 0.6 is 11.3 Å². The van der Waals surface area contributed by atoms with Crippen LogP contribution in [0.25, 0.3) is 0 Å². The van der Waals surface area contributed by atoms with E-state index >= 15 is 0 Å². The van der Waals surface area contributed by atoms with Gasteiger partial charge in [0.1, 0.15) is 10.8 Å². The summed E-state index contributed by atoms with van der Waals surface area (Å²) in [5.41, 5.74) is 5.71. The van der Waals surface area contributed by atoms with Gasteiger partial charge in [-0.15, -0.1) is 10.2 Å². The van der Waals surface area contributed by atoms with Crippen LogP contribution in [-0.2, 0) is 11.3 Å². The Bertz CT molecular complexity index is 572. The van der Waals surface area contributed by atoms with Gasteiger partial charge in [-0.25, -0.2) is 4.39 Å². The number of nitrogens with two attached hydrogens (primary N) is 1. The predicted molar refractivity (Wildman–Crippen MR) is 67.5 cm³/mol. The zero-order chi connectivity index (χ0) is 13.8. The third-order valence-electron chi connectivity index (χ3n) is 2.33. The number of halogens is 1. The molecule has 0 saturated carbocycles. The monoisotopic (exact) mass is 282 g/mol. The van der Waals surface area contributed by atoms with Crippen molar-refractivity contribution in [2.75, 3.05) is 5.73 Å². The molecule has 1 amide bonds. The van der Waals surface area contributed by atoms with Gasteiger partial charge in [0.25, 0.3) is 5.91 Å². The Kier molecular flexibility index (Phi) is 4.03. The maximum Gasteiger partial charge on any atom is 0.253 e. The lowest BCUT2D eigenvalue weighted by molar-refractivity contribution is -0.129. The fourth-order valence-electron chi connectivity index (χ4n) is 1.39. The second-order valence-corrected chi connectivity index (χ2v) is 4.80. The molecule has 1 aromatic carbocycles. The van der Waals surface area contributed by atoms with Crippen molar-refractivity contribution >= 4 is 22.4 Å². The van der Waals surface area contributed by atoms with Gasteiger partial charge in [0, 0.05) is 0 Å². The molecule has 0 bridgehead atoms. The lowest BCUT2D eigenvalue weighted by atomic mass is 10.1. The Morgan fingerprint density at radius 2 is 2.11 bits per heavy atom. The number of aliphatic hydroxyl groups excluding tert-OH is 1. The molecule has 1 heterocycles. The molecule has 6 nitrogen and oxygen atoms in total. The molecule has 2 aromatic rings. The van der Waals surface area contributed by atoms with E-state index in [0.717, 1.165) is 11.3 Å². The first-order valence-corrected chi connectivity index (χ1v) is 6.17. The summed E-state index contributed by atoms with van der Waals surface area (Å²) in [6.07, 6.45) is -1.36. The highest BCUT2D eigenvalue weighted by molar-refractivity contribution is 7.15. The highest BCUT2D eigenvalue weighted by Gasteiger charge is 2.17. The van der Waals surface area contributed by atoms with Crippen LogP contribution < -0.4 is 11.1 Å². The highest BCUT2D eigenvalue weighted by Crippen LogP contribution is 2.14. The summed E-state index contributed by atoms with van der Waals surface area (Å²) >= 11 is 1.15. The molecule has 0 aliphatic heterocycles. The number of anilines is 1. The van der Waals surface area contributed by atoms with Crippen LogP contribution in [0.3, 0.4) is 0 Å². The van der Waals surface area contributed by atoms with Crippen molar-refractivity contribution in [3.63, 3.8) is 0 Å². The molecule has 0 unspecified atom stereocenters. The molecule has 100 valence electrons. The molecule has 1 atom stereocenters. The number of nitrogens with one attached hydrogen (secondary N) is 1. The summed E-state index contributed by atoms with van der Waals surface area (Å²) in [6.45, 7) is 0.131. The summed E-state index contributed by atoms with van der Waals surface area (Å²) in [6, 6.07) is 5.06. The van der Waals surface area contributed by atoms with Crippen LogP contribution in [0.1, 0.15) is 16.7 Å². The van der Waals surface area contributed by atoms with Gasteiger partial charge in [-0.05, 0) is 17.7 Å². The number of aliphatic hydroxyl groups is 1. The number of nitrogens with zero attached hydrogens (tertiary/aromatic N) is 2. The van der Waals surface area contributed by atoms with Crippen molar-refractivity contribution in [2.24, 2.45) is 0 Å². The zero-order valence-corrected chi connectivity index (χ0v) is 10.5. The van der Waals surface area contributed by atoms with E-state index in [2.05, 4.69) is 15.5 Å². The SMILES string of the molecule is Nc1nnc(CNC(=O)[C@@H](O)c2ccc(F)cc2)s1. The molecule has 0 saturated heterocycles. The smallest absolute Gasteiger partial charge is 0.253 e. The van der Waals surface area contributed by atoms with Crippen molar-refractivity contribution in [1.29, 1.82) is 0 Å². The van der Waals surface area contributed by atoms with Gasteiger partial charge < -0.3 is 16.2 Å². The van der Waals surface area contributed by atoms with E-state index in [1.165, 1.54) is 24.3 Å². The van der Waals surface area contributed by atoms with Gasteiger partial charge in [0.15, 0.2) is 6.10 Å². The van der Waals surface area contributed by atoms with Gasteiger partial charge >= 0.3 is 0 Å². The second-order valence-electron chi connectivity index (χ2n) is 3.71. The Balaban J connectivity index is 1.94. The number of rotatable bonds is 4. The number of amides is 1. The third kappa shape index (κ3) is 3.46. The standard InChI is InChI=1S/C11H11FN4O2S/c12-7-3-1-6(2-4-7)9(17)10(18)14-5-8-15-16-11(13)19-8/h1-4,9,17H,5H2,(H2,13,16)(H,14,18)/t9-/m0/s1. The van der Waals surface area contributed by atoms with Crippen molar-refractivity contribution in [2.45, 2.75) is 12.6 Å². The van der Waals surface area contributed by atoms with Gasteiger partial charge in [0.2, 0.25) is 5.13 Å². The van der Waals surface area contributed by atoms with Gasteiger partial charge in [0.05, 0.1) is 6.54 Å². The fourth-order valence-corrected chi connectivity index (χ4v) is 1.94. The lowest BCUT2D eigenvalue weighted by Crippen LogP contribution is -2.28. The molecule has 0 aliphatic rings. The summed E-state index contributed by atoms with van der Waals surface area (Å²) in [4.78, 5) is 11.7. The van der Waals surface area contributed by atoms with Gasteiger partial charge in [-0.3, -0.25) is 4.79 Å². The lowest BCUT2D eigenvalue weighted by Gasteiger charge is -2.10. The minimum atomic E-state index is -1.36. The topological polar surface area (TPSA) is 101 Å². The van der Waals surface area contributed by atoms with E-state index in [-0.39, 0.29) is 6.54 Å². The first-order chi connectivity index (χ1) is 9.06. The average Bonchev–Trinajstić information content (AvgIpc) is 2.82. The molecule has 1 aromatic heterocycles. The van der Waals surface area contributed by atoms with Crippen LogP contribution in [0, 0.1) is 5.82 Å². The molecule has 0 aliphatic carbocycles. The first-order valence-electron chi connectivity index (χ1n) is 5.35. The van der Waals surface area contributed by atoms with Crippen LogP contribution in [-0.4, -0.2) is 21.2 Å². The van der Waals surface area contributed by atoms with Crippen molar-refractivity contribution in [3.8, 4) is 0 Å². The highest BCUT2D eigenvalue weighted by atomic mass is 32.1. The third-order valence-corrected chi connectivity index (χ3v) is 3.08. The summed E-state index contributed by atoms with van der Waals surface area (Å²) < 4.78 is 12.7. The Labute approximate surface area is 112 Å². The Morgan fingerprint density at radius 3 is 2.68 bits per heavy atom. The van der Waals surface area contributed by atoms with E-state index in [1.54, 1.807) is 0 Å². The number of nitrogen functional groups attached to an aromatic ring is 1. The molecule has 0 fully saturated rings. The molecular formula is C11H11FN4O2S. The molecule has 2 rings (SSSR count). The number of carbonyl (C=O) groups is 1. The van der Waals surface area contributed by atoms with Crippen LogP contribution in [0.2, 0.25) is 0 Å². The van der Waals surface area contributed by atoms with E-state index in [1.807, 2.05) is 0 Å². The van der Waals surface area contributed by atoms with Crippen LogP contribution in [0.5, 0.6) is 0 Å². The molecule has 0 spiro atoms. The minimum Gasteiger partial charge on any atom is -0.378 e.